The van der Waals surface area contributed by atoms with Crippen LogP contribution in [-0.4, -0.2) is 23.1 Å². The summed E-state index contributed by atoms with van der Waals surface area (Å²) in [5.74, 6) is -0.0528. The molecule has 108 valence electrons. The average molecular weight is 275 g/mol. The normalized spacial score (nSPS) is 16.8. The van der Waals surface area contributed by atoms with E-state index in [9.17, 15) is 13.2 Å². The smallest absolute Gasteiger partial charge is 0.356 e. The zero-order valence-corrected chi connectivity index (χ0v) is 11.5. The van der Waals surface area contributed by atoms with Gasteiger partial charge in [-0.05, 0) is 24.8 Å². The van der Waals surface area contributed by atoms with Crippen LogP contribution in [-0.2, 0) is 6.18 Å². The molecule has 0 radical (unpaired) electrons. The van der Waals surface area contributed by atoms with Crippen molar-refractivity contribution in [3.8, 4) is 0 Å². The second-order valence-electron chi connectivity index (χ2n) is 4.41. The molecule has 2 rings (SSSR count). The highest BCUT2D eigenvalue weighted by molar-refractivity contribution is 5.38. The number of hydrogen-bond donors (Lipinski definition) is 0. The molecule has 0 bridgehead atoms. The van der Waals surface area contributed by atoms with Crippen LogP contribution in [0.4, 0.5) is 19.0 Å². The highest BCUT2D eigenvalue weighted by Crippen LogP contribution is 2.28. The van der Waals surface area contributed by atoms with Gasteiger partial charge in [-0.25, -0.2) is 9.97 Å². The quantitative estimate of drug-likeness (QED) is 0.781. The lowest BCUT2D eigenvalue weighted by atomic mass is 9.99. The predicted molar refractivity (Wildman–Crippen MR) is 69.0 cm³/mol. The lowest BCUT2D eigenvalue weighted by molar-refractivity contribution is -0.144. The average Bonchev–Trinajstić information content (AvgIpc) is 2.41. The number of piperidine rings is 1. The summed E-state index contributed by atoms with van der Waals surface area (Å²) in [6, 6.07) is 1.53. The monoisotopic (exact) mass is 275 g/mol. The number of nitrogens with zero attached hydrogens (tertiary/aromatic N) is 3. The van der Waals surface area contributed by atoms with E-state index in [-0.39, 0.29) is 0 Å². The molecule has 0 aromatic carbocycles. The Morgan fingerprint density at radius 3 is 2.32 bits per heavy atom. The molecule has 6 heteroatoms. The van der Waals surface area contributed by atoms with Crippen molar-refractivity contribution in [1.82, 2.24) is 9.97 Å². The summed E-state index contributed by atoms with van der Waals surface area (Å²) < 4.78 is 37.4. The van der Waals surface area contributed by atoms with E-state index >= 15 is 0 Å². The maximum atomic E-state index is 12.5. The summed E-state index contributed by atoms with van der Waals surface area (Å²) in [4.78, 5) is 8.73. The molecule has 0 aliphatic carbocycles. The third kappa shape index (κ3) is 4.36. The number of alkyl halides is 3. The van der Waals surface area contributed by atoms with E-state index in [2.05, 4.69) is 16.9 Å². The molecule has 1 aliphatic rings. The molecule has 2 heterocycles. The Balaban J connectivity index is 0.000000861. The Kier molecular flexibility index (Phi) is 5.57. The van der Waals surface area contributed by atoms with Gasteiger partial charge in [-0.3, -0.25) is 0 Å². The van der Waals surface area contributed by atoms with Gasteiger partial charge in [-0.1, -0.05) is 20.8 Å². The first kappa shape index (κ1) is 15.7. The van der Waals surface area contributed by atoms with Crippen LogP contribution in [0.25, 0.3) is 0 Å². The van der Waals surface area contributed by atoms with Crippen molar-refractivity contribution in [2.24, 2.45) is 5.92 Å². The van der Waals surface area contributed by atoms with Crippen LogP contribution in [0.5, 0.6) is 0 Å². The van der Waals surface area contributed by atoms with Gasteiger partial charge < -0.3 is 4.90 Å². The minimum atomic E-state index is -4.47. The summed E-state index contributed by atoms with van der Waals surface area (Å²) in [5.41, 5.74) is 0. The molecule has 3 nitrogen and oxygen atoms in total. The van der Waals surface area contributed by atoms with Crippen LogP contribution in [0.2, 0.25) is 0 Å². The molecular weight excluding hydrogens is 255 g/mol. The molecule has 0 unspecified atom stereocenters. The van der Waals surface area contributed by atoms with E-state index in [0.717, 1.165) is 25.9 Å². The minimum Gasteiger partial charge on any atom is -0.356 e. The summed E-state index contributed by atoms with van der Waals surface area (Å²) in [7, 11) is 0. The molecule has 19 heavy (non-hydrogen) atoms. The molecule has 1 aliphatic heterocycles. The van der Waals surface area contributed by atoms with Crippen LogP contribution in [0.3, 0.4) is 0 Å². The maximum Gasteiger partial charge on any atom is 0.451 e. The lowest BCUT2D eigenvalue weighted by Crippen LogP contribution is -2.33. The van der Waals surface area contributed by atoms with E-state index in [4.69, 9.17) is 0 Å². The van der Waals surface area contributed by atoms with E-state index < -0.39 is 12.0 Å². The van der Waals surface area contributed by atoms with Crippen molar-refractivity contribution in [3.05, 3.63) is 18.1 Å². The van der Waals surface area contributed by atoms with E-state index in [1.54, 1.807) is 0 Å². The fourth-order valence-corrected chi connectivity index (χ4v) is 1.90. The fourth-order valence-electron chi connectivity index (χ4n) is 1.90. The third-order valence-corrected chi connectivity index (χ3v) is 3.00. The van der Waals surface area contributed by atoms with E-state index in [1.165, 1.54) is 12.3 Å². The molecule has 1 saturated heterocycles. The molecule has 0 amide bonds. The van der Waals surface area contributed by atoms with Gasteiger partial charge in [0.05, 0.1) is 0 Å². The zero-order chi connectivity index (χ0) is 14.5. The molecule has 1 aromatic rings. The Hall–Kier alpha value is -1.33. The molecule has 0 saturated carbocycles. The number of aromatic nitrogens is 2. The van der Waals surface area contributed by atoms with Gasteiger partial charge in [-0.2, -0.15) is 13.2 Å². The van der Waals surface area contributed by atoms with Crippen molar-refractivity contribution in [2.45, 2.75) is 39.8 Å². The Bertz CT molecular complexity index is 385. The standard InChI is InChI=1S/C11H14F3N3.C2H6/c1-8-3-6-17(7-4-8)9-2-5-15-10(16-9)11(12,13)14;1-2/h2,5,8H,3-4,6-7H2,1H3;1-2H3. The Morgan fingerprint density at radius 2 is 1.79 bits per heavy atom. The van der Waals surface area contributed by atoms with E-state index in [0.29, 0.717) is 11.7 Å². The second-order valence-corrected chi connectivity index (χ2v) is 4.41. The fraction of sp³-hybridized carbons (Fsp3) is 0.692. The van der Waals surface area contributed by atoms with Crippen LogP contribution in [0, 0.1) is 5.92 Å². The van der Waals surface area contributed by atoms with Crippen LogP contribution in [0.15, 0.2) is 12.3 Å². The number of rotatable bonds is 1. The number of anilines is 1. The number of halogens is 3. The van der Waals surface area contributed by atoms with Crippen molar-refractivity contribution in [1.29, 1.82) is 0 Å². The van der Waals surface area contributed by atoms with Crippen LogP contribution >= 0.6 is 0 Å². The first-order valence-corrected chi connectivity index (χ1v) is 6.62. The topological polar surface area (TPSA) is 29.0 Å². The van der Waals surface area contributed by atoms with Gasteiger partial charge in [0.25, 0.3) is 0 Å². The molecule has 1 aromatic heterocycles. The van der Waals surface area contributed by atoms with Gasteiger partial charge in [-0.15, -0.1) is 0 Å². The predicted octanol–water partition coefficient (Wildman–Crippen LogP) is 3.76. The molecule has 0 atom stereocenters. The number of hydrogen-bond acceptors (Lipinski definition) is 3. The van der Waals surface area contributed by atoms with E-state index in [1.807, 2.05) is 18.7 Å². The van der Waals surface area contributed by atoms with Crippen molar-refractivity contribution in [3.63, 3.8) is 0 Å². The Morgan fingerprint density at radius 1 is 1.21 bits per heavy atom. The summed E-state index contributed by atoms with van der Waals surface area (Å²) in [6.07, 6.45) is -1.32. The van der Waals surface area contributed by atoms with Crippen molar-refractivity contribution in [2.75, 3.05) is 18.0 Å². The summed E-state index contributed by atoms with van der Waals surface area (Å²) >= 11 is 0. The first-order valence-electron chi connectivity index (χ1n) is 6.62. The van der Waals surface area contributed by atoms with Crippen LogP contribution in [0.1, 0.15) is 39.4 Å². The van der Waals surface area contributed by atoms with Gasteiger partial charge in [0.2, 0.25) is 5.82 Å². The SMILES string of the molecule is CC.CC1CCN(c2ccnc(C(F)(F)F)n2)CC1. The van der Waals surface area contributed by atoms with Crippen LogP contribution < -0.4 is 4.90 Å². The zero-order valence-electron chi connectivity index (χ0n) is 11.5. The second kappa shape index (κ2) is 6.73. The highest BCUT2D eigenvalue weighted by Gasteiger charge is 2.35. The molecule has 1 fully saturated rings. The van der Waals surface area contributed by atoms with Crippen molar-refractivity contribution >= 4 is 5.82 Å². The molecular formula is C13H20F3N3. The largest absolute Gasteiger partial charge is 0.451 e. The molecule has 0 N–H and O–H groups in total. The van der Waals surface area contributed by atoms with Gasteiger partial charge in [0, 0.05) is 19.3 Å². The van der Waals surface area contributed by atoms with Crippen molar-refractivity contribution < 1.29 is 13.2 Å². The van der Waals surface area contributed by atoms with Gasteiger partial charge in [0.15, 0.2) is 0 Å². The summed E-state index contributed by atoms with van der Waals surface area (Å²) in [5, 5.41) is 0. The summed E-state index contributed by atoms with van der Waals surface area (Å²) in [6.45, 7) is 7.67. The maximum absolute atomic E-state index is 12.5. The minimum absolute atomic E-state index is 0.374. The Labute approximate surface area is 111 Å². The first-order chi connectivity index (χ1) is 8.97. The molecule has 0 spiro atoms. The van der Waals surface area contributed by atoms with Gasteiger partial charge >= 0.3 is 6.18 Å². The third-order valence-electron chi connectivity index (χ3n) is 3.00. The highest BCUT2D eigenvalue weighted by atomic mass is 19.4. The lowest BCUT2D eigenvalue weighted by Gasteiger charge is -2.31. The van der Waals surface area contributed by atoms with Gasteiger partial charge in [0.1, 0.15) is 5.82 Å².